The summed E-state index contributed by atoms with van der Waals surface area (Å²) in [5, 5.41) is 2.54. The molecule has 0 saturated carbocycles. The summed E-state index contributed by atoms with van der Waals surface area (Å²) < 4.78 is 1.39. The van der Waals surface area contributed by atoms with Gasteiger partial charge in [0.1, 0.15) is 0 Å². The highest BCUT2D eigenvalue weighted by molar-refractivity contribution is 6.56. The summed E-state index contributed by atoms with van der Waals surface area (Å²) in [6.07, 6.45) is 1.68. The zero-order valence-electron chi connectivity index (χ0n) is 6.70. The zero-order chi connectivity index (χ0) is 8.65. The van der Waals surface area contributed by atoms with Gasteiger partial charge < -0.3 is 0 Å². The lowest BCUT2D eigenvalue weighted by Gasteiger charge is -2.23. The predicted molar refractivity (Wildman–Crippen MR) is 46.9 cm³/mol. The Morgan fingerprint density at radius 3 is 2.09 bits per heavy atom. The maximum Gasteiger partial charge on any atom is 0.0801 e. The van der Waals surface area contributed by atoms with Crippen LogP contribution in [-0.2, 0) is 5.24 Å². The highest BCUT2D eigenvalue weighted by Gasteiger charge is 2.14. The number of aryl methyl sites for hydroxylation is 1. The third kappa shape index (κ3) is 1.52. The molecule has 2 nitrogen and oxygen atoms in total. The second-order valence-corrected chi connectivity index (χ2v) is 2.71. The van der Waals surface area contributed by atoms with Crippen molar-refractivity contribution >= 4 is 23.5 Å². The van der Waals surface area contributed by atoms with Crippen LogP contribution in [0.4, 0.5) is 0 Å². The predicted octanol–water partition coefficient (Wildman–Crippen LogP) is -0.427. The Morgan fingerprint density at radius 2 is 1.91 bits per heavy atom. The fraction of sp³-hybridized carbons (Fsp3) is 0.500. The van der Waals surface area contributed by atoms with Gasteiger partial charge in [-0.15, -0.1) is 0 Å². The molecule has 0 N–H and O–H groups in total. The Labute approximate surface area is 70.6 Å². The average molecular weight is 140 g/mol. The smallest absolute Gasteiger partial charge is 0.0801 e. The average Bonchev–Trinajstić information content (AvgIpc) is 2.11. The first-order valence-corrected chi connectivity index (χ1v) is 3.31. The van der Waals surface area contributed by atoms with Crippen LogP contribution in [0.25, 0.3) is 0 Å². The molecule has 0 spiro atoms. The molecule has 0 bridgehead atoms. The van der Waals surface area contributed by atoms with Crippen molar-refractivity contribution in [1.82, 2.24) is 9.78 Å². The van der Waals surface area contributed by atoms with Crippen molar-refractivity contribution < 1.29 is 0 Å². The summed E-state index contributed by atoms with van der Waals surface area (Å²) in [5.74, 6) is 0. The third-order valence-corrected chi connectivity index (χ3v) is 1.62. The second kappa shape index (κ2) is 2.47. The van der Waals surface area contributed by atoms with Crippen molar-refractivity contribution in [3.63, 3.8) is 0 Å². The van der Waals surface area contributed by atoms with E-state index in [2.05, 4.69) is 5.10 Å². The molecule has 0 unspecified atom stereocenters. The topological polar surface area (TPSA) is 17.8 Å². The fourth-order valence-electron chi connectivity index (χ4n) is 0.882. The maximum absolute atomic E-state index is 5.43. The molecule has 0 aromatic carbocycles. The van der Waals surface area contributed by atoms with Gasteiger partial charge in [-0.05, 0) is 24.6 Å². The van der Waals surface area contributed by atoms with Crippen LogP contribution in [0.3, 0.4) is 0 Å². The summed E-state index contributed by atoms with van der Waals surface area (Å²) in [6.45, 7) is 3.79. The van der Waals surface area contributed by atoms with Crippen molar-refractivity contribution in [1.29, 1.82) is 0 Å². The lowest BCUT2D eigenvalue weighted by atomic mass is 9.49. The molecule has 0 amide bonds. The van der Waals surface area contributed by atoms with E-state index in [4.69, 9.17) is 23.5 Å². The molecule has 1 aromatic heterocycles. The Balaban J connectivity index is 3.15. The third-order valence-electron chi connectivity index (χ3n) is 1.62. The number of hydrogen-bond donors (Lipinski definition) is 0. The minimum absolute atomic E-state index is 0.887. The van der Waals surface area contributed by atoms with Crippen LogP contribution < -0.4 is 0 Å². The number of rotatable bonds is 1. The van der Waals surface area contributed by atoms with Gasteiger partial charge in [-0.25, -0.2) is 0 Å². The second-order valence-electron chi connectivity index (χ2n) is 2.71. The van der Waals surface area contributed by atoms with Crippen LogP contribution >= 0.6 is 0 Å². The molecule has 50 valence electrons. The van der Waals surface area contributed by atoms with Gasteiger partial charge in [0.05, 0.1) is 29.7 Å². The van der Waals surface area contributed by atoms with Crippen LogP contribution in [0.2, 0.25) is 0 Å². The van der Waals surface area contributed by atoms with Gasteiger partial charge in [0.15, 0.2) is 0 Å². The Morgan fingerprint density at radius 1 is 1.36 bits per heavy atom. The van der Waals surface area contributed by atoms with E-state index in [0.717, 1.165) is 11.3 Å². The Hall–Kier alpha value is -0.595. The molecule has 1 rings (SSSR count). The summed E-state index contributed by atoms with van der Waals surface area (Å²) >= 11 is 0. The number of hydrogen-bond acceptors (Lipinski definition) is 1. The van der Waals surface area contributed by atoms with E-state index in [9.17, 15) is 0 Å². The molecule has 0 aliphatic carbocycles. The van der Waals surface area contributed by atoms with Gasteiger partial charge in [-0.3, -0.25) is 4.68 Å². The monoisotopic (exact) mass is 140 g/mol. The van der Waals surface area contributed by atoms with Crippen LogP contribution in [0.5, 0.6) is 0 Å². The molecule has 11 heavy (non-hydrogen) atoms. The molecule has 0 aliphatic heterocycles. The Bertz CT molecular complexity index is 261. The normalized spacial score (nSPS) is 11.8. The first kappa shape index (κ1) is 8.50. The molecule has 5 heteroatoms. The van der Waals surface area contributed by atoms with E-state index in [-0.39, 0.29) is 0 Å². The van der Waals surface area contributed by atoms with Crippen LogP contribution in [0.15, 0.2) is 6.20 Å². The van der Waals surface area contributed by atoms with Gasteiger partial charge in [0, 0.05) is 5.69 Å². The summed E-state index contributed by atoms with van der Waals surface area (Å²) in [5.41, 5.74) is 1.91. The van der Waals surface area contributed by atoms with Crippen molar-refractivity contribution in [3.8, 4) is 0 Å². The lowest BCUT2D eigenvalue weighted by molar-refractivity contribution is 0.649. The molecule has 0 aliphatic rings. The summed E-state index contributed by atoms with van der Waals surface area (Å²) in [7, 11) is 16.3. The fourth-order valence-corrected chi connectivity index (χ4v) is 0.882. The van der Waals surface area contributed by atoms with E-state index in [1.54, 1.807) is 6.20 Å². The van der Waals surface area contributed by atoms with Crippen molar-refractivity contribution in [2.24, 2.45) is 0 Å². The van der Waals surface area contributed by atoms with Crippen molar-refractivity contribution in [3.05, 3.63) is 17.5 Å². The highest BCUT2D eigenvalue weighted by atomic mass is 15.3. The van der Waals surface area contributed by atoms with Gasteiger partial charge in [-0.2, -0.15) is 5.10 Å². The number of aromatic nitrogens is 2. The van der Waals surface area contributed by atoms with E-state index < -0.39 is 5.24 Å². The molecular formula is C6H7B3N2. The number of nitrogens with zero attached hydrogens (tertiary/aromatic N) is 2. The maximum atomic E-state index is 5.43. The molecule has 1 aromatic rings. The minimum atomic E-state index is -1.39. The Kier molecular flexibility index (Phi) is 1.91. The zero-order valence-corrected chi connectivity index (χ0v) is 6.70. The molecular weight excluding hydrogens is 133 g/mol. The standard InChI is InChI=1S/C6H7B3N2/c1-4-3-10-11(5(4)2)6(7,8)9/h3H,1-2H3. The van der Waals surface area contributed by atoms with Crippen LogP contribution in [-0.4, -0.2) is 33.3 Å². The molecule has 1 heterocycles. The van der Waals surface area contributed by atoms with Crippen molar-refractivity contribution in [2.45, 2.75) is 19.1 Å². The lowest BCUT2D eigenvalue weighted by Crippen LogP contribution is -2.36. The summed E-state index contributed by atoms with van der Waals surface area (Å²) in [4.78, 5) is 0. The highest BCUT2D eigenvalue weighted by Crippen LogP contribution is 2.09. The quantitative estimate of drug-likeness (QED) is 0.483. The van der Waals surface area contributed by atoms with Crippen molar-refractivity contribution in [2.75, 3.05) is 0 Å². The largest absolute Gasteiger partial charge is 0.289 e. The van der Waals surface area contributed by atoms with E-state index in [0.29, 0.717) is 0 Å². The summed E-state index contributed by atoms with van der Waals surface area (Å²) in [6, 6.07) is 0. The first-order valence-electron chi connectivity index (χ1n) is 3.31. The van der Waals surface area contributed by atoms with Crippen LogP contribution in [0, 0.1) is 13.8 Å². The molecule has 0 saturated heterocycles. The SMILES string of the molecule is [B]C([B])([B])n1ncc(C)c1C. The van der Waals surface area contributed by atoms with E-state index >= 15 is 0 Å². The van der Waals surface area contributed by atoms with Gasteiger partial charge in [-0.1, -0.05) is 0 Å². The molecule has 0 atom stereocenters. The van der Waals surface area contributed by atoms with E-state index in [1.807, 2.05) is 13.8 Å². The van der Waals surface area contributed by atoms with E-state index in [1.165, 1.54) is 4.68 Å². The van der Waals surface area contributed by atoms with Crippen LogP contribution in [0.1, 0.15) is 11.3 Å². The first-order chi connectivity index (χ1) is 4.93. The van der Waals surface area contributed by atoms with Gasteiger partial charge >= 0.3 is 0 Å². The molecule has 0 fully saturated rings. The van der Waals surface area contributed by atoms with Gasteiger partial charge in [0.2, 0.25) is 0 Å². The molecule has 6 radical (unpaired) electrons. The minimum Gasteiger partial charge on any atom is -0.289 e. The van der Waals surface area contributed by atoms with Gasteiger partial charge in [0.25, 0.3) is 0 Å².